The predicted molar refractivity (Wildman–Crippen MR) is 123 cm³/mol. The Balaban J connectivity index is 0.00000136. The van der Waals surface area contributed by atoms with Gasteiger partial charge in [0, 0.05) is 0 Å². The molecule has 0 bridgehead atoms. The minimum Gasteiger partial charge on any atom is -1.00 e. The van der Waals surface area contributed by atoms with Crippen molar-refractivity contribution < 1.29 is 41.4 Å². The fraction of sp³-hybridized carbons (Fsp3) is 0.429. The van der Waals surface area contributed by atoms with Crippen LogP contribution in [-0.4, -0.2) is 0 Å². The molecule has 3 aliphatic rings. The molecule has 0 radical (unpaired) electrons. The average Bonchev–Trinajstić information content (AvgIpc) is 3.30. The minimum atomic E-state index is -2.10. The second-order valence-corrected chi connectivity index (χ2v) is 16.7. The first-order chi connectivity index (χ1) is 14.3. The largest absolute Gasteiger partial charge is 1.00 e. The van der Waals surface area contributed by atoms with Gasteiger partial charge in [0.2, 0.25) is 0 Å². The van der Waals surface area contributed by atoms with Gasteiger partial charge in [-0.15, -0.1) is 0 Å². The molecule has 0 nitrogen and oxygen atoms in total. The summed E-state index contributed by atoms with van der Waals surface area (Å²) < 4.78 is 4.73. The van der Waals surface area contributed by atoms with E-state index in [9.17, 15) is 0 Å². The predicted octanol–water partition coefficient (Wildman–Crippen LogP) is 2.66. The summed E-state index contributed by atoms with van der Waals surface area (Å²) in [5.41, 5.74) is 10.0. The molecule has 0 spiro atoms. The number of halogens is 2. The Bertz CT molecular complexity index is 895. The van der Waals surface area contributed by atoms with Gasteiger partial charge in [-0.3, -0.25) is 0 Å². The van der Waals surface area contributed by atoms with Crippen molar-refractivity contribution in [3.8, 4) is 0 Å². The second-order valence-electron chi connectivity index (χ2n) is 9.50. The number of hydrogen-bond acceptors (Lipinski definition) is 0. The third-order valence-corrected chi connectivity index (χ3v) is 16.0. The molecule has 0 amide bonds. The summed E-state index contributed by atoms with van der Waals surface area (Å²) in [6.45, 7) is 4.68. The molecule has 31 heavy (non-hydrogen) atoms. The number of rotatable bonds is 8. The summed E-state index contributed by atoms with van der Waals surface area (Å²) in [6, 6.07) is 18.7. The first kappa shape index (κ1) is 24.8. The van der Waals surface area contributed by atoms with Crippen molar-refractivity contribution in [2.45, 2.75) is 70.3 Å². The van der Waals surface area contributed by atoms with Gasteiger partial charge in [-0.05, 0) is 0 Å². The van der Waals surface area contributed by atoms with E-state index < -0.39 is 16.6 Å². The molecule has 1 fully saturated rings. The monoisotopic (exact) mass is 488 g/mol. The molecule has 0 saturated carbocycles. The van der Waals surface area contributed by atoms with E-state index in [-0.39, 0.29) is 24.8 Å². The molecule has 3 heteroatoms. The van der Waals surface area contributed by atoms with E-state index >= 15 is 0 Å². The fourth-order valence-electron chi connectivity index (χ4n) is 6.22. The molecule has 164 valence electrons. The van der Waals surface area contributed by atoms with Crippen LogP contribution < -0.4 is 24.8 Å². The van der Waals surface area contributed by atoms with Gasteiger partial charge in [0.25, 0.3) is 0 Å². The molecular weight excluding hydrogens is 455 g/mol. The number of fused-ring (bicyclic) bond motifs is 2. The first-order valence-corrected chi connectivity index (χ1v) is 15.9. The summed E-state index contributed by atoms with van der Waals surface area (Å²) >= 11 is -2.10. The third-order valence-electron chi connectivity index (χ3n) is 7.65. The summed E-state index contributed by atoms with van der Waals surface area (Å²) in [4.78, 5) is 0. The maximum Gasteiger partial charge on any atom is -1.00 e. The maximum absolute atomic E-state index is 2.59. The van der Waals surface area contributed by atoms with Gasteiger partial charge < -0.3 is 24.8 Å². The van der Waals surface area contributed by atoms with Crippen LogP contribution >= 0.6 is 0 Å². The zero-order chi connectivity index (χ0) is 19.8. The van der Waals surface area contributed by atoms with Crippen molar-refractivity contribution in [2.75, 3.05) is 0 Å². The van der Waals surface area contributed by atoms with Gasteiger partial charge in [0.15, 0.2) is 0 Å². The van der Waals surface area contributed by atoms with Crippen molar-refractivity contribution in [3.63, 3.8) is 0 Å². The van der Waals surface area contributed by atoms with E-state index in [4.69, 9.17) is 0 Å². The summed E-state index contributed by atoms with van der Waals surface area (Å²) in [6.07, 6.45) is 13.1. The molecule has 1 aliphatic heterocycles. The normalized spacial score (nSPS) is 20.8. The zero-order valence-corrected chi connectivity index (χ0v) is 21.9. The molecule has 2 aromatic carbocycles. The Hall–Kier alpha value is -0.786. The minimum absolute atomic E-state index is 0. The third kappa shape index (κ3) is 4.39. The fourth-order valence-corrected chi connectivity index (χ4v) is 16.6. The molecule has 2 aromatic rings. The maximum atomic E-state index is 2.59. The zero-order valence-electron chi connectivity index (χ0n) is 18.8. The Morgan fingerprint density at radius 3 is 1.48 bits per heavy atom. The smallest absolute Gasteiger partial charge is 1.00 e. The Labute approximate surface area is 204 Å². The van der Waals surface area contributed by atoms with E-state index in [2.05, 4.69) is 74.5 Å². The van der Waals surface area contributed by atoms with Crippen LogP contribution in [0, 0.1) is 0 Å². The molecule has 5 rings (SSSR count). The van der Waals surface area contributed by atoms with Gasteiger partial charge in [0.1, 0.15) is 0 Å². The molecule has 2 atom stereocenters. The van der Waals surface area contributed by atoms with E-state index in [1.807, 2.05) is 0 Å². The number of allylic oxidation sites excluding steroid dienone is 2. The standard InChI is InChI=1S/2C13H15.C2H4.2ClH.Ti/c2*1-2-3-6-11-9-12-7-4-5-8-13(12)10-11;1-2;;;/h2*4-5,7-10H,2-3,6H2,1H3;1-2H2;2*1H;/q;;;;;+2/p-2. The molecule has 0 aromatic heterocycles. The van der Waals surface area contributed by atoms with Gasteiger partial charge in [-0.1, -0.05) is 0 Å². The van der Waals surface area contributed by atoms with Crippen molar-refractivity contribution in [1.82, 2.24) is 0 Å². The molecule has 1 heterocycles. The Morgan fingerprint density at radius 1 is 0.677 bits per heavy atom. The van der Waals surface area contributed by atoms with Crippen molar-refractivity contribution in [3.05, 3.63) is 81.9 Å². The Morgan fingerprint density at radius 2 is 1.10 bits per heavy atom. The molecule has 0 N–H and O–H groups in total. The summed E-state index contributed by atoms with van der Waals surface area (Å²) in [5, 5.41) is 0. The molecule has 2 unspecified atom stereocenters. The van der Waals surface area contributed by atoms with Crippen LogP contribution in [0.4, 0.5) is 0 Å². The van der Waals surface area contributed by atoms with E-state index in [1.165, 1.54) is 49.7 Å². The van der Waals surface area contributed by atoms with Gasteiger partial charge in [0.05, 0.1) is 0 Å². The molecule has 1 saturated heterocycles. The van der Waals surface area contributed by atoms with E-state index in [0.717, 1.165) is 8.45 Å². The van der Waals surface area contributed by atoms with E-state index in [1.54, 1.807) is 31.7 Å². The first-order valence-electron chi connectivity index (χ1n) is 11.9. The average molecular weight is 489 g/mol. The van der Waals surface area contributed by atoms with Crippen molar-refractivity contribution >= 4 is 12.2 Å². The van der Waals surface area contributed by atoms with Crippen LogP contribution in [0.3, 0.4) is 0 Å². The van der Waals surface area contributed by atoms with Crippen LogP contribution in [0.15, 0.2) is 59.7 Å². The second kappa shape index (κ2) is 10.4. The van der Waals surface area contributed by atoms with Crippen LogP contribution in [-0.2, 0) is 16.6 Å². The van der Waals surface area contributed by atoms with Gasteiger partial charge in [-0.25, -0.2) is 0 Å². The van der Waals surface area contributed by atoms with Gasteiger partial charge in [-0.2, -0.15) is 0 Å². The van der Waals surface area contributed by atoms with Gasteiger partial charge >= 0.3 is 181 Å². The van der Waals surface area contributed by atoms with E-state index in [0.29, 0.717) is 0 Å². The number of benzene rings is 2. The van der Waals surface area contributed by atoms with Crippen LogP contribution in [0.5, 0.6) is 0 Å². The number of hydrogen-bond donors (Lipinski definition) is 0. The number of unbranched alkanes of at least 4 members (excludes halogenated alkanes) is 2. The Kier molecular flexibility index (Phi) is 8.36. The quantitative estimate of drug-likeness (QED) is 0.501. The molecular formula is C28H34Cl2Ti. The SMILES string of the molecule is CCCCC1=Cc2ccccc2[CH]1[Ti+2]1([CH]2C(CCCC)=Cc3ccccc32)[CH2][CH2]1.[Cl-].[Cl-]. The topological polar surface area (TPSA) is 0 Å². The van der Waals surface area contributed by atoms with Crippen molar-refractivity contribution in [1.29, 1.82) is 0 Å². The molecule has 2 aliphatic carbocycles. The summed E-state index contributed by atoms with van der Waals surface area (Å²) in [7, 11) is 0. The summed E-state index contributed by atoms with van der Waals surface area (Å²) in [5.74, 6) is 0. The van der Waals surface area contributed by atoms with Crippen molar-refractivity contribution in [2.24, 2.45) is 0 Å². The van der Waals surface area contributed by atoms with Crippen LogP contribution in [0.2, 0.25) is 9.45 Å². The van der Waals surface area contributed by atoms with Crippen LogP contribution in [0.25, 0.3) is 12.2 Å². The van der Waals surface area contributed by atoms with Crippen LogP contribution in [0.1, 0.15) is 83.1 Å².